The molecule has 0 aliphatic carbocycles. The van der Waals surface area contributed by atoms with E-state index >= 15 is 0 Å². The minimum absolute atomic E-state index is 0.0582. The van der Waals surface area contributed by atoms with Crippen molar-refractivity contribution in [2.45, 2.75) is 12.8 Å². The van der Waals surface area contributed by atoms with Crippen LogP contribution in [0.25, 0.3) is 11.3 Å². The van der Waals surface area contributed by atoms with Crippen molar-refractivity contribution in [3.05, 3.63) is 71.9 Å². The van der Waals surface area contributed by atoms with E-state index in [0.717, 1.165) is 24.2 Å². The van der Waals surface area contributed by atoms with Gasteiger partial charge in [-0.05, 0) is 18.1 Å². The molecule has 1 aliphatic rings. The van der Waals surface area contributed by atoms with Gasteiger partial charge >= 0.3 is 0 Å². The van der Waals surface area contributed by atoms with E-state index in [-0.39, 0.29) is 12.3 Å². The lowest BCUT2D eigenvalue weighted by atomic mass is 10.1. The van der Waals surface area contributed by atoms with Gasteiger partial charge in [-0.15, -0.1) is 0 Å². The predicted molar refractivity (Wildman–Crippen MR) is 88.1 cm³/mol. The second-order valence-corrected chi connectivity index (χ2v) is 5.65. The van der Waals surface area contributed by atoms with Crippen molar-refractivity contribution in [1.82, 2.24) is 5.16 Å². The van der Waals surface area contributed by atoms with Crippen LogP contribution in [0.2, 0.25) is 0 Å². The molecule has 0 saturated heterocycles. The lowest BCUT2D eigenvalue weighted by molar-refractivity contribution is -0.118. The van der Waals surface area contributed by atoms with Crippen LogP contribution in [0.15, 0.2) is 65.2 Å². The zero-order valence-corrected chi connectivity index (χ0v) is 12.6. The molecule has 114 valence electrons. The van der Waals surface area contributed by atoms with Gasteiger partial charge in [-0.3, -0.25) is 4.79 Å². The predicted octanol–water partition coefficient (Wildman–Crippen LogP) is 3.47. The van der Waals surface area contributed by atoms with E-state index in [1.54, 1.807) is 0 Å². The van der Waals surface area contributed by atoms with Crippen molar-refractivity contribution in [3.8, 4) is 11.3 Å². The molecule has 4 rings (SSSR count). The topological polar surface area (TPSA) is 46.3 Å². The molecule has 0 saturated carbocycles. The molecule has 1 amide bonds. The van der Waals surface area contributed by atoms with E-state index < -0.39 is 0 Å². The summed E-state index contributed by atoms with van der Waals surface area (Å²) < 4.78 is 5.36. The van der Waals surface area contributed by atoms with Crippen LogP contribution in [-0.4, -0.2) is 17.6 Å². The molecule has 0 atom stereocenters. The number of rotatable bonds is 3. The summed E-state index contributed by atoms with van der Waals surface area (Å²) in [6.07, 6.45) is 1.17. The standard InChI is InChI=1S/C19H16N2O2/c22-19(21-11-10-14-6-4-5-9-17(14)21)13-16-12-18(23-20-16)15-7-2-1-3-8-15/h1-9,12H,10-11,13H2. The zero-order valence-electron chi connectivity index (χ0n) is 12.6. The summed E-state index contributed by atoms with van der Waals surface area (Å²) in [6, 6.07) is 19.7. The molecule has 1 aromatic heterocycles. The first-order valence-corrected chi connectivity index (χ1v) is 7.70. The molecule has 0 radical (unpaired) electrons. The van der Waals surface area contributed by atoms with Gasteiger partial charge in [0, 0.05) is 23.9 Å². The third-order valence-corrected chi connectivity index (χ3v) is 4.14. The Balaban J connectivity index is 1.51. The van der Waals surface area contributed by atoms with Crippen LogP contribution in [0.1, 0.15) is 11.3 Å². The van der Waals surface area contributed by atoms with Crippen LogP contribution in [0.5, 0.6) is 0 Å². The molecule has 0 fully saturated rings. The number of amides is 1. The molecule has 2 aromatic carbocycles. The largest absolute Gasteiger partial charge is 0.356 e. The molecule has 3 aromatic rings. The summed E-state index contributed by atoms with van der Waals surface area (Å²) in [5, 5.41) is 4.04. The molecule has 23 heavy (non-hydrogen) atoms. The van der Waals surface area contributed by atoms with Crippen LogP contribution < -0.4 is 4.90 Å². The Labute approximate surface area is 134 Å². The fraction of sp³-hybridized carbons (Fsp3) is 0.158. The number of fused-ring (bicyclic) bond motifs is 1. The van der Waals surface area contributed by atoms with Gasteiger partial charge in [-0.25, -0.2) is 0 Å². The first-order chi connectivity index (χ1) is 11.3. The monoisotopic (exact) mass is 304 g/mol. The maximum absolute atomic E-state index is 12.6. The van der Waals surface area contributed by atoms with E-state index in [1.165, 1.54) is 5.56 Å². The van der Waals surface area contributed by atoms with E-state index in [4.69, 9.17) is 4.52 Å². The molecular weight excluding hydrogens is 288 g/mol. The van der Waals surface area contributed by atoms with Crippen molar-refractivity contribution in [2.75, 3.05) is 11.4 Å². The highest BCUT2D eigenvalue weighted by Crippen LogP contribution is 2.28. The highest BCUT2D eigenvalue weighted by molar-refractivity contribution is 5.96. The second-order valence-electron chi connectivity index (χ2n) is 5.65. The van der Waals surface area contributed by atoms with Gasteiger partial charge in [0.05, 0.1) is 12.1 Å². The smallest absolute Gasteiger partial charge is 0.233 e. The number of benzene rings is 2. The van der Waals surface area contributed by atoms with Gasteiger partial charge in [-0.1, -0.05) is 53.7 Å². The number of carbonyl (C=O) groups is 1. The Hall–Kier alpha value is -2.88. The van der Waals surface area contributed by atoms with Crippen LogP contribution in [0.3, 0.4) is 0 Å². The third-order valence-electron chi connectivity index (χ3n) is 4.14. The lowest BCUT2D eigenvalue weighted by Crippen LogP contribution is -2.30. The average Bonchev–Trinajstić information content (AvgIpc) is 3.22. The quantitative estimate of drug-likeness (QED) is 0.744. The van der Waals surface area contributed by atoms with Crippen LogP contribution >= 0.6 is 0 Å². The second kappa shape index (κ2) is 5.72. The molecule has 2 heterocycles. The van der Waals surface area contributed by atoms with Crippen LogP contribution in [0, 0.1) is 0 Å². The molecule has 0 unspecified atom stereocenters. The summed E-state index contributed by atoms with van der Waals surface area (Å²) in [7, 11) is 0. The van der Waals surface area contributed by atoms with Crippen molar-refractivity contribution in [2.24, 2.45) is 0 Å². The molecule has 0 spiro atoms. The Morgan fingerprint density at radius 3 is 2.74 bits per heavy atom. The van der Waals surface area contributed by atoms with E-state index in [0.29, 0.717) is 11.5 Å². The Morgan fingerprint density at radius 2 is 1.87 bits per heavy atom. The number of hydrogen-bond acceptors (Lipinski definition) is 3. The summed E-state index contributed by atoms with van der Waals surface area (Å²) in [4.78, 5) is 14.4. The minimum Gasteiger partial charge on any atom is -0.356 e. The van der Waals surface area contributed by atoms with Crippen molar-refractivity contribution >= 4 is 11.6 Å². The fourth-order valence-electron chi connectivity index (χ4n) is 2.98. The summed E-state index contributed by atoms with van der Waals surface area (Å²) in [5.74, 6) is 0.748. The Bertz CT molecular complexity index is 839. The fourth-order valence-corrected chi connectivity index (χ4v) is 2.98. The number of nitrogens with zero attached hydrogens (tertiary/aromatic N) is 2. The lowest BCUT2D eigenvalue weighted by Gasteiger charge is -2.16. The van der Waals surface area contributed by atoms with E-state index in [2.05, 4.69) is 11.2 Å². The molecule has 4 nitrogen and oxygen atoms in total. The van der Waals surface area contributed by atoms with E-state index in [9.17, 15) is 4.79 Å². The maximum atomic E-state index is 12.6. The van der Waals surface area contributed by atoms with Crippen molar-refractivity contribution in [3.63, 3.8) is 0 Å². The molecular formula is C19H16N2O2. The third kappa shape index (κ3) is 2.63. The molecule has 0 bridgehead atoms. The molecule has 4 heteroatoms. The number of aromatic nitrogens is 1. The highest BCUT2D eigenvalue weighted by atomic mass is 16.5. The van der Waals surface area contributed by atoms with Crippen LogP contribution in [0.4, 0.5) is 5.69 Å². The number of carbonyl (C=O) groups excluding carboxylic acids is 1. The summed E-state index contributed by atoms with van der Waals surface area (Å²) in [6.45, 7) is 0.738. The zero-order chi connectivity index (χ0) is 15.6. The number of hydrogen-bond donors (Lipinski definition) is 0. The highest BCUT2D eigenvalue weighted by Gasteiger charge is 2.24. The first-order valence-electron chi connectivity index (χ1n) is 7.70. The Kier molecular flexibility index (Phi) is 3.42. The van der Waals surface area contributed by atoms with Gasteiger partial charge in [0.15, 0.2) is 5.76 Å². The number of para-hydroxylation sites is 1. The maximum Gasteiger partial charge on any atom is 0.233 e. The normalized spacial score (nSPS) is 13.1. The molecule has 0 N–H and O–H groups in total. The van der Waals surface area contributed by atoms with E-state index in [1.807, 2.05) is 59.5 Å². The van der Waals surface area contributed by atoms with Gasteiger partial charge in [0.1, 0.15) is 0 Å². The molecule has 1 aliphatic heterocycles. The van der Waals surface area contributed by atoms with Gasteiger partial charge in [0.2, 0.25) is 5.91 Å². The van der Waals surface area contributed by atoms with Gasteiger partial charge in [-0.2, -0.15) is 0 Å². The van der Waals surface area contributed by atoms with Gasteiger partial charge < -0.3 is 9.42 Å². The summed E-state index contributed by atoms with van der Waals surface area (Å²) in [5.41, 5.74) is 3.87. The van der Waals surface area contributed by atoms with Gasteiger partial charge in [0.25, 0.3) is 0 Å². The van der Waals surface area contributed by atoms with Crippen molar-refractivity contribution < 1.29 is 9.32 Å². The average molecular weight is 304 g/mol. The van der Waals surface area contributed by atoms with Crippen molar-refractivity contribution in [1.29, 1.82) is 0 Å². The SMILES string of the molecule is O=C(Cc1cc(-c2ccccc2)on1)N1CCc2ccccc21. The number of anilines is 1. The Morgan fingerprint density at radius 1 is 1.09 bits per heavy atom. The summed E-state index contributed by atoms with van der Waals surface area (Å²) >= 11 is 0. The van der Waals surface area contributed by atoms with Crippen LogP contribution in [-0.2, 0) is 17.6 Å². The minimum atomic E-state index is 0.0582. The first kappa shape index (κ1) is 13.8.